The second kappa shape index (κ2) is 14.8. The normalized spacial score (nSPS) is 14.2. The SMILES string of the molecule is Cc1ccc(S(=O)(=O)N(CC(=O)N/N=C/c2ccc(OCC(=O)NC3CCCCC3)cc2)c2ccc(Cl)c(C(F)(F)F)c2)cc1. The number of anilines is 1. The highest BCUT2D eigenvalue weighted by Gasteiger charge is 2.35. The Morgan fingerprint density at radius 3 is 2.31 bits per heavy atom. The average Bonchev–Trinajstić information content (AvgIpc) is 3.00. The molecule has 0 atom stereocenters. The Kier molecular flexibility index (Phi) is 11.1. The third-order valence-electron chi connectivity index (χ3n) is 7.06. The molecular formula is C31H32ClF3N4O5S. The van der Waals surface area contributed by atoms with Gasteiger partial charge in [-0.05, 0) is 79.9 Å². The molecule has 45 heavy (non-hydrogen) atoms. The molecule has 14 heteroatoms. The quantitative estimate of drug-likeness (QED) is 0.197. The van der Waals surface area contributed by atoms with Gasteiger partial charge in [0.1, 0.15) is 12.3 Å². The Balaban J connectivity index is 1.41. The molecule has 0 spiro atoms. The van der Waals surface area contributed by atoms with E-state index in [9.17, 15) is 31.2 Å². The molecule has 9 nitrogen and oxygen atoms in total. The van der Waals surface area contributed by atoms with Crippen LogP contribution in [0.5, 0.6) is 5.75 Å². The third kappa shape index (κ3) is 9.44. The number of amides is 2. The number of sulfonamides is 1. The van der Waals surface area contributed by atoms with Gasteiger partial charge in [-0.1, -0.05) is 48.6 Å². The maximum atomic E-state index is 13.6. The molecule has 0 aromatic heterocycles. The number of benzene rings is 3. The molecule has 0 aliphatic heterocycles. The number of carbonyl (C=O) groups is 2. The van der Waals surface area contributed by atoms with Crippen molar-refractivity contribution in [1.82, 2.24) is 10.7 Å². The number of hydrogen-bond donors (Lipinski definition) is 2. The van der Waals surface area contributed by atoms with Gasteiger partial charge in [-0.3, -0.25) is 13.9 Å². The Labute approximate surface area is 264 Å². The standard InChI is InChI=1S/C31H32ClF3N4O5S/c1-21-7-14-26(15-8-21)45(42,43)39(24-11-16-28(32)27(17-24)31(33,34)35)19-29(40)38-36-18-22-9-12-25(13-10-22)44-20-30(41)37-23-5-3-2-4-6-23/h7-18,23H,2-6,19-20H2,1H3,(H,37,41)(H,38,40)/b36-18+. The van der Waals surface area contributed by atoms with Crippen LogP contribution in [0.3, 0.4) is 0 Å². The van der Waals surface area contributed by atoms with Gasteiger partial charge >= 0.3 is 6.18 Å². The zero-order valence-corrected chi connectivity index (χ0v) is 25.9. The zero-order chi connectivity index (χ0) is 32.6. The molecular weight excluding hydrogens is 633 g/mol. The van der Waals surface area contributed by atoms with Crippen molar-refractivity contribution in [1.29, 1.82) is 0 Å². The molecule has 0 bridgehead atoms. The fraction of sp³-hybridized carbons (Fsp3) is 0.323. The molecule has 2 N–H and O–H groups in total. The van der Waals surface area contributed by atoms with Gasteiger partial charge in [0.15, 0.2) is 6.61 Å². The van der Waals surface area contributed by atoms with Gasteiger partial charge in [0.05, 0.1) is 27.4 Å². The topological polar surface area (TPSA) is 117 Å². The van der Waals surface area contributed by atoms with Crippen LogP contribution in [0.25, 0.3) is 0 Å². The molecule has 0 saturated heterocycles. The first kappa shape index (κ1) is 33.8. The number of rotatable bonds is 11. The smallest absolute Gasteiger partial charge is 0.417 e. The lowest BCUT2D eigenvalue weighted by Crippen LogP contribution is -2.39. The summed E-state index contributed by atoms with van der Waals surface area (Å²) in [6.45, 7) is 0.745. The van der Waals surface area contributed by atoms with E-state index in [1.807, 2.05) is 0 Å². The monoisotopic (exact) mass is 664 g/mol. The lowest BCUT2D eigenvalue weighted by atomic mass is 9.95. The summed E-state index contributed by atoms with van der Waals surface area (Å²) >= 11 is 5.73. The molecule has 3 aromatic rings. The highest BCUT2D eigenvalue weighted by molar-refractivity contribution is 7.92. The van der Waals surface area contributed by atoms with Gasteiger partial charge in [-0.25, -0.2) is 13.8 Å². The summed E-state index contributed by atoms with van der Waals surface area (Å²) in [6.07, 6.45) is 1.76. The first-order valence-electron chi connectivity index (χ1n) is 14.1. The fourth-order valence-corrected chi connectivity index (χ4v) is 6.34. The molecule has 0 unspecified atom stereocenters. The van der Waals surface area contributed by atoms with E-state index in [2.05, 4.69) is 15.8 Å². The Morgan fingerprint density at radius 1 is 1.00 bits per heavy atom. The maximum Gasteiger partial charge on any atom is 0.417 e. The second-order valence-electron chi connectivity index (χ2n) is 10.5. The minimum absolute atomic E-state index is 0.125. The van der Waals surface area contributed by atoms with Crippen LogP contribution in [-0.4, -0.2) is 45.6 Å². The van der Waals surface area contributed by atoms with E-state index >= 15 is 0 Å². The van der Waals surface area contributed by atoms with Crippen molar-refractivity contribution in [3.63, 3.8) is 0 Å². The van der Waals surface area contributed by atoms with Gasteiger partial charge in [0.2, 0.25) is 0 Å². The summed E-state index contributed by atoms with van der Waals surface area (Å²) in [6, 6.07) is 14.9. The van der Waals surface area contributed by atoms with Crippen LogP contribution in [0, 0.1) is 6.92 Å². The first-order chi connectivity index (χ1) is 21.3. The molecule has 4 rings (SSSR count). The number of nitrogens with one attached hydrogen (secondary N) is 2. The van der Waals surface area contributed by atoms with Crippen molar-refractivity contribution in [2.24, 2.45) is 5.10 Å². The van der Waals surface area contributed by atoms with Crippen LogP contribution in [0.2, 0.25) is 5.02 Å². The molecule has 2 amide bonds. The summed E-state index contributed by atoms with van der Waals surface area (Å²) in [4.78, 5) is 24.7. The second-order valence-corrected chi connectivity index (χ2v) is 12.8. The molecule has 0 radical (unpaired) electrons. The van der Waals surface area contributed by atoms with Crippen molar-refractivity contribution in [2.75, 3.05) is 17.5 Å². The molecule has 1 fully saturated rings. The van der Waals surface area contributed by atoms with E-state index in [1.54, 1.807) is 31.2 Å². The highest BCUT2D eigenvalue weighted by atomic mass is 35.5. The van der Waals surface area contributed by atoms with Gasteiger partial charge in [-0.15, -0.1) is 0 Å². The van der Waals surface area contributed by atoms with Gasteiger partial charge < -0.3 is 10.1 Å². The first-order valence-corrected chi connectivity index (χ1v) is 15.9. The van der Waals surface area contributed by atoms with Crippen molar-refractivity contribution < 1.29 is 35.9 Å². The summed E-state index contributed by atoms with van der Waals surface area (Å²) in [5.74, 6) is -0.649. The summed E-state index contributed by atoms with van der Waals surface area (Å²) in [7, 11) is -4.48. The Morgan fingerprint density at radius 2 is 1.67 bits per heavy atom. The molecule has 3 aromatic carbocycles. The number of hydrogen-bond acceptors (Lipinski definition) is 6. The number of carbonyl (C=O) groups excluding carboxylic acids is 2. The van der Waals surface area contributed by atoms with Crippen LogP contribution < -0.4 is 19.8 Å². The van der Waals surface area contributed by atoms with E-state index in [0.29, 0.717) is 21.7 Å². The van der Waals surface area contributed by atoms with Crippen LogP contribution in [0.15, 0.2) is 76.7 Å². The Bertz CT molecular complexity index is 1630. The minimum Gasteiger partial charge on any atom is -0.484 e. The molecule has 1 aliphatic rings. The fourth-order valence-electron chi connectivity index (χ4n) is 4.70. The molecule has 1 aliphatic carbocycles. The summed E-state index contributed by atoms with van der Waals surface area (Å²) in [5, 5.41) is 6.20. The zero-order valence-electron chi connectivity index (χ0n) is 24.3. The van der Waals surface area contributed by atoms with E-state index in [4.69, 9.17) is 16.3 Å². The van der Waals surface area contributed by atoms with Crippen molar-refractivity contribution >= 4 is 45.3 Å². The molecule has 1 saturated carbocycles. The van der Waals surface area contributed by atoms with Gasteiger partial charge in [0, 0.05) is 6.04 Å². The summed E-state index contributed by atoms with van der Waals surface area (Å²) in [5.41, 5.74) is 1.86. The van der Waals surface area contributed by atoms with Crippen LogP contribution in [-0.2, 0) is 25.8 Å². The number of halogens is 4. The van der Waals surface area contributed by atoms with Gasteiger partial charge in [-0.2, -0.15) is 18.3 Å². The summed E-state index contributed by atoms with van der Waals surface area (Å²) < 4.78 is 73.8. The van der Waals surface area contributed by atoms with E-state index in [1.165, 1.54) is 36.9 Å². The molecule has 240 valence electrons. The Hall–Kier alpha value is -4.10. The van der Waals surface area contributed by atoms with Crippen molar-refractivity contribution in [3.8, 4) is 5.75 Å². The van der Waals surface area contributed by atoms with Crippen molar-refractivity contribution in [3.05, 3.63) is 88.4 Å². The number of ether oxygens (including phenoxy) is 1. The predicted octanol–water partition coefficient (Wildman–Crippen LogP) is 5.84. The predicted molar refractivity (Wildman–Crippen MR) is 165 cm³/mol. The number of aryl methyl sites for hydroxylation is 1. The molecule has 0 heterocycles. The minimum atomic E-state index is -4.86. The highest BCUT2D eigenvalue weighted by Crippen LogP contribution is 2.38. The van der Waals surface area contributed by atoms with Crippen LogP contribution >= 0.6 is 11.6 Å². The average molecular weight is 665 g/mol. The lowest BCUT2D eigenvalue weighted by molar-refractivity contribution is -0.137. The lowest BCUT2D eigenvalue weighted by Gasteiger charge is -2.25. The number of nitrogens with zero attached hydrogens (tertiary/aromatic N) is 2. The maximum absolute atomic E-state index is 13.6. The van der Waals surface area contributed by atoms with E-state index in [0.717, 1.165) is 43.4 Å². The van der Waals surface area contributed by atoms with Crippen LogP contribution in [0.4, 0.5) is 18.9 Å². The van der Waals surface area contributed by atoms with Gasteiger partial charge in [0.25, 0.3) is 21.8 Å². The third-order valence-corrected chi connectivity index (χ3v) is 9.18. The van der Waals surface area contributed by atoms with Crippen LogP contribution in [0.1, 0.15) is 48.8 Å². The largest absolute Gasteiger partial charge is 0.484 e. The van der Waals surface area contributed by atoms with E-state index < -0.39 is 44.9 Å². The van der Waals surface area contributed by atoms with Crippen molar-refractivity contribution in [2.45, 2.75) is 56.1 Å². The number of alkyl halides is 3. The number of hydrazone groups is 1. The van der Waals surface area contributed by atoms with E-state index in [-0.39, 0.29) is 23.5 Å².